The number of carbonyl (C=O) groups excluding carboxylic acids is 1. The van der Waals surface area contributed by atoms with Crippen LogP contribution in [0.3, 0.4) is 0 Å². The Labute approximate surface area is 161 Å². The molecule has 0 radical (unpaired) electrons. The quantitative estimate of drug-likeness (QED) is 0.696. The van der Waals surface area contributed by atoms with Gasteiger partial charge in [0.2, 0.25) is 5.91 Å². The highest BCUT2D eigenvalue weighted by Crippen LogP contribution is 2.46. The first-order valence-corrected chi connectivity index (χ1v) is 9.55. The van der Waals surface area contributed by atoms with Crippen LogP contribution in [0, 0.1) is 0 Å². The van der Waals surface area contributed by atoms with Crippen LogP contribution in [-0.4, -0.2) is 25.4 Å². The van der Waals surface area contributed by atoms with E-state index in [1.54, 1.807) is 35.9 Å². The van der Waals surface area contributed by atoms with Gasteiger partial charge in [0.25, 0.3) is 0 Å². The molecule has 0 aromatic heterocycles. The first-order valence-electron chi connectivity index (χ1n) is 7.74. The van der Waals surface area contributed by atoms with Crippen molar-refractivity contribution in [2.24, 2.45) is 0 Å². The summed E-state index contributed by atoms with van der Waals surface area (Å²) < 4.78 is 11.0. The van der Waals surface area contributed by atoms with E-state index in [2.05, 4.69) is 0 Å². The van der Waals surface area contributed by atoms with Gasteiger partial charge in [-0.15, -0.1) is 11.8 Å². The van der Waals surface area contributed by atoms with Crippen molar-refractivity contribution >= 4 is 46.6 Å². The van der Waals surface area contributed by atoms with Gasteiger partial charge in [-0.3, -0.25) is 9.69 Å². The van der Waals surface area contributed by atoms with Gasteiger partial charge >= 0.3 is 0 Å². The Morgan fingerprint density at radius 3 is 2.60 bits per heavy atom. The van der Waals surface area contributed by atoms with Crippen LogP contribution in [-0.2, 0) is 4.79 Å². The van der Waals surface area contributed by atoms with Gasteiger partial charge < -0.3 is 9.47 Å². The van der Waals surface area contributed by atoms with Gasteiger partial charge in [-0.2, -0.15) is 0 Å². The number of carbonyl (C=O) groups is 1. The Morgan fingerprint density at radius 1 is 1.24 bits per heavy atom. The number of thioether (sulfide) groups is 1. The molecule has 0 saturated carbocycles. The van der Waals surface area contributed by atoms with Gasteiger partial charge in [-0.1, -0.05) is 23.2 Å². The topological polar surface area (TPSA) is 38.8 Å². The molecule has 1 amide bonds. The monoisotopic (exact) mass is 397 g/mol. The lowest BCUT2D eigenvalue weighted by molar-refractivity contribution is -0.115. The highest BCUT2D eigenvalue weighted by molar-refractivity contribution is 8.00. The molecule has 132 valence electrons. The van der Waals surface area contributed by atoms with Gasteiger partial charge in [0.1, 0.15) is 5.37 Å². The largest absolute Gasteiger partial charge is 0.491 e. The summed E-state index contributed by atoms with van der Waals surface area (Å²) >= 11 is 13.9. The summed E-state index contributed by atoms with van der Waals surface area (Å²) in [6.45, 7) is 2.39. The van der Waals surface area contributed by atoms with Crippen molar-refractivity contribution < 1.29 is 14.3 Å². The van der Waals surface area contributed by atoms with Crippen molar-refractivity contribution in [1.29, 1.82) is 0 Å². The van der Waals surface area contributed by atoms with Crippen molar-refractivity contribution in [2.75, 3.05) is 24.4 Å². The maximum Gasteiger partial charge on any atom is 0.238 e. The van der Waals surface area contributed by atoms with Crippen molar-refractivity contribution in [3.05, 3.63) is 52.0 Å². The molecule has 0 spiro atoms. The molecule has 1 aliphatic rings. The molecule has 1 heterocycles. The Morgan fingerprint density at radius 2 is 1.96 bits per heavy atom. The summed E-state index contributed by atoms with van der Waals surface area (Å²) in [4.78, 5) is 14.2. The minimum Gasteiger partial charge on any atom is -0.491 e. The normalized spacial score (nSPS) is 17.0. The lowest BCUT2D eigenvalue weighted by Gasteiger charge is -2.25. The zero-order valence-electron chi connectivity index (χ0n) is 13.8. The number of anilines is 1. The minimum atomic E-state index is -0.184. The minimum absolute atomic E-state index is 0.0437. The van der Waals surface area contributed by atoms with Crippen LogP contribution in [0.25, 0.3) is 0 Å². The summed E-state index contributed by atoms with van der Waals surface area (Å²) in [6, 6.07) is 10.9. The van der Waals surface area contributed by atoms with Gasteiger partial charge in [-0.05, 0) is 48.9 Å². The molecule has 3 rings (SSSR count). The fourth-order valence-corrected chi connectivity index (χ4v) is 4.32. The van der Waals surface area contributed by atoms with E-state index < -0.39 is 0 Å². The first-order chi connectivity index (χ1) is 12.0. The second-order valence-corrected chi connectivity index (χ2v) is 7.28. The Bertz CT molecular complexity index is 783. The van der Waals surface area contributed by atoms with Crippen LogP contribution in [0.15, 0.2) is 36.4 Å². The fraction of sp³-hybridized carbons (Fsp3) is 0.278. The first kappa shape index (κ1) is 18.2. The van der Waals surface area contributed by atoms with Gasteiger partial charge in [-0.25, -0.2) is 0 Å². The summed E-state index contributed by atoms with van der Waals surface area (Å²) in [6.07, 6.45) is 0. The van der Waals surface area contributed by atoms with Crippen molar-refractivity contribution in [1.82, 2.24) is 0 Å². The molecule has 0 N–H and O–H groups in total. The number of nitrogens with zero attached hydrogens (tertiary/aromatic N) is 1. The zero-order valence-corrected chi connectivity index (χ0v) is 16.1. The summed E-state index contributed by atoms with van der Waals surface area (Å²) in [5.74, 6) is 1.52. The van der Waals surface area contributed by atoms with E-state index in [0.717, 1.165) is 11.3 Å². The Kier molecular flexibility index (Phi) is 5.67. The molecule has 1 aliphatic heterocycles. The van der Waals surface area contributed by atoms with E-state index in [1.165, 1.54) is 0 Å². The van der Waals surface area contributed by atoms with Crippen LogP contribution < -0.4 is 14.4 Å². The second kappa shape index (κ2) is 7.77. The van der Waals surface area contributed by atoms with Crippen LogP contribution in [0.5, 0.6) is 11.5 Å². The molecule has 1 saturated heterocycles. The smallest absolute Gasteiger partial charge is 0.238 e. The van der Waals surface area contributed by atoms with Crippen molar-refractivity contribution in [3.8, 4) is 11.5 Å². The predicted octanol–water partition coefficient (Wildman–Crippen LogP) is 5.18. The molecule has 2 aromatic rings. The van der Waals surface area contributed by atoms with Crippen molar-refractivity contribution in [3.63, 3.8) is 0 Å². The van der Waals surface area contributed by atoms with E-state index in [9.17, 15) is 4.79 Å². The molecule has 0 unspecified atom stereocenters. The van der Waals surface area contributed by atoms with Crippen molar-refractivity contribution in [2.45, 2.75) is 12.3 Å². The van der Waals surface area contributed by atoms with E-state index >= 15 is 0 Å². The highest BCUT2D eigenvalue weighted by Gasteiger charge is 2.35. The number of ether oxygens (including phenoxy) is 2. The molecule has 1 fully saturated rings. The summed E-state index contributed by atoms with van der Waals surface area (Å²) in [7, 11) is 1.55. The number of amides is 1. The molecule has 4 nitrogen and oxygen atoms in total. The SMILES string of the molecule is CCOc1cc([C@@H]2SCC(=O)N2c2ccc(Cl)cc2)cc(Cl)c1OC. The average Bonchev–Trinajstić information content (AvgIpc) is 2.97. The molecule has 25 heavy (non-hydrogen) atoms. The zero-order chi connectivity index (χ0) is 18.0. The van der Waals surface area contributed by atoms with E-state index in [0.29, 0.717) is 33.9 Å². The fourth-order valence-electron chi connectivity index (χ4n) is 2.74. The number of methoxy groups -OCH3 is 1. The lowest BCUT2D eigenvalue weighted by Crippen LogP contribution is -2.27. The third kappa shape index (κ3) is 3.68. The number of rotatable bonds is 5. The molecular weight excluding hydrogens is 381 g/mol. The maximum absolute atomic E-state index is 12.4. The molecule has 0 aliphatic carbocycles. The van der Waals surface area contributed by atoms with Crippen LogP contribution in [0.2, 0.25) is 10.0 Å². The van der Waals surface area contributed by atoms with Crippen LogP contribution >= 0.6 is 35.0 Å². The predicted molar refractivity (Wildman–Crippen MR) is 103 cm³/mol. The third-order valence-corrected chi connectivity index (χ3v) is 5.54. The van der Waals surface area contributed by atoms with E-state index in [-0.39, 0.29) is 11.3 Å². The van der Waals surface area contributed by atoms with E-state index in [4.69, 9.17) is 32.7 Å². The van der Waals surface area contributed by atoms with Gasteiger partial charge in [0, 0.05) is 10.7 Å². The average molecular weight is 398 g/mol. The molecule has 1 atom stereocenters. The maximum atomic E-state index is 12.4. The van der Waals surface area contributed by atoms with Gasteiger partial charge in [0.05, 0.1) is 24.5 Å². The third-order valence-electron chi connectivity index (χ3n) is 3.79. The summed E-state index contributed by atoms with van der Waals surface area (Å²) in [5, 5.41) is 0.904. The number of hydrogen-bond donors (Lipinski definition) is 0. The lowest BCUT2D eigenvalue weighted by atomic mass is 10.1. The van der Waals surface area contributed by atoms with E-state index in [1.807, 2.05) is 31.2 Å². The van der Waals surface area contributed by atoms with Crippen LogP contribution in [0.4, 0.5) is 5.69 Å². The number of halogens is 2. The second-order valence-electron chi connectivity index (χ2n) is 5.37. The summed E-state index contributed by atoms with van der Waals surface area (Å²) in [5.41, 5.74) is 1.69. The molecule has 7 heteroatoms. The molecule has 0 bridgehead atoms. The Hall–Kier alpha value is -1.56. The number of benzene rings is 2. The van der Waals surface area contributed by atoms with Gasteiger partial charge in [0.15, 0.2) is 11.5 Å². The molecule has 2 aromatic carbocycles. The standard InChI is InChI=1S/C18H17Cl2NO3S/c1-3-24-15-9-11(8-14(20)17(15)23-2)18-21(16(22)10-25-18)13-6-4-12(19)5-7-13/h4-9,18H,3,10H2,1-2H3/t18-/m0/s1. The van der Waals surface area contributed by atoms with Crippen LogP contribution in [0.1, 0.15) is 17.9 Å². The molecular formula is C18H17Cl2NO3S. The number of hydrogen-bond acceptors (Lipinski definition) is 4. The Balaban J connectivity index is 2.02. The highest BCUT2D eigenvalue weighted by atomic mass is 35.5.